The Hall–Kier alpha value is -2.46. The van der Waals surface area contributed by atoms with E-state index in [1.807, 2.05) is 20.8 Å². The summed E-state index contributed by atoms with van der Waals surface area (Å²) in [5.74, 6) is -1.16. The molecule has 3 amide bonds. The fourth-order valence-electron chi connectivity index (χ4n) is 2.08. The first-order valence-electron chi connectivity index (χ1n) is 9.42. The highest BCUT2D eigenvalue weighted by Crippen LogP contribution is 2.12. The number of nitrogens with one attached hydrogen (secondary N) is 3. The van der Waals surface area contributed by atoms with Gasteiger partial charge in [0.2, 0.25) is 10.0 Å². The third-order valence-electron chi connectivity index (χ3n) is 3.96. The molecule has 10 heteroatoms. The monoisotopic (exact) mass is 427 g/mol. The Kier molecular flexibility index (Phi) is 9.76. The maximum absolute atomic E-state index is 12.2. The van der Waals surface area contributed by atoms with Crippen LogP contribution in [0.2, 0.25) is 0 Å². The second-order valence-electron chi connectivity index (χ2n) is 7.02. The lowest BCUT2D eigenvalue weighted by molar-refractivity contribution is -0.123. The van der Waals surface area contributed by atoms with Gasteiger partial charge in [0.1, 0.15) is 0 Å². The molecule has 0 unspecified atom stereocenters. The van der Waals surface area contributed by atoms with Gasteiger partial charge in [-0.05, 0) is 49.9 Å². The number of urea groups is 1. The van der Waals surface area contributed by atoms with E-state index in [2.05, 4.69) is 15.4 Å². The van der Waals surface area contributed by atoms with Crippen LogP contribution in [-0.4, -0.2) is 45.5 Å². The summed E-state index contributed by atoms with van der Waals surface area (Å²) in [6.45, 7) is 7.42. The topological polar surface area (TPSA) is 131 Å². The van der Waals surface area contributed by atoms with Gasteiger partial charge in [0.05, 0.1) is 10.5 Å². The van der Waals surface area contributed by atoms with Crippen LogP contribution in [0.1, 0.15) is 50.9 Å². The average Bonchev–Trinajstić information content (AvgIpc) is 2.65. The van der Waals surface area contributed by atoms with Gasteiger partial charge in [-0.1, -0.05) is 20.8 Å². The molecule has 0 fully saturated rings. The van der Waals surface area contributed by atoms with Crippen molar-refractivity contribution in [3.63, 3.8) is 0 Å². The van der Waals surface area contributed by atoms with E-state index in [9.17, 15) is 22.8 Å². The van der Waals surface area contributed by atoms with Crippen molar-refractivity contribution in [3.8, 4) is 0 Å². The second kappa shape index (κ2) is 11.5. The first kappa shape index (κ1) is 24.6. The van der Waals surface area contributed by atoms with Crippen LogP contribution in [0.25, 0.3) is 0 Å². The predicted molar refractivity (Wildman–Crippen MR) is 108 cm³/mol. The lowest BCUT2D eigenvalue weighted by Crippen LogP contribution is -2.41. The quantitative estimate of drug-likeness (QED) is 0.488. The average molecular weight is 428 g/mol. The Balaban J connectivity index is 2.52. The number of imide groups is 1. The molecular weight excluding hydrogens is 398 g/mol. The first-order chi connectivity index (χ1) is 13.5. The molecule has 29 heavy (non-hydrogen) atoms. The smallest absolute Gasteiger partial charge is 0.338 e. The van der Waals surface area contributed by atoms with Gasteiger partial charge in [0.15, 0.2) is 6.61 Å². The Morgan fingerprint density at radius 3 is 2.24 bits per heavy atom. The van der Waals surface area contributed by atoms with Crippen LogP contribution >= 0.6 is 0 Å². The fraction of sp³-hybridized carbons (Fsp3) is 0.526. The molecule has 1 aromatic carbocycles. The van der Waals surface area contributed by atoms with E-state index in [4.69, 9.17) is 4.74 Å². The molecular formula is C19H29N3O6S. The lowest BCUT2D eigenvalue weighted by Gasteiger charge is -2.12. The molecule has 0 radical (unpaired) electrons. The predicted octanol–water partition coefficient (Wildman–Crippen LogP) is 1.79. The zero-order valence-corrected chi connectivity index (χ0v) is 18.0. The molecule has 1 rings (SSSR count). The zero-order chi connectivity index (χ0) is 22.0. The van der Waals surface area contributed by atoms with E-state index in [0.717, 1.165) is 6.42 Å². The molecule has 0 aliphatic carbocycles. The molecule has 0 heterocycles. The van der Waals surface area contributed by atoms with Gasteiger partial charge in [-0.2, -0.15) is 0 Å². The maximum Gasteiger partial charge on any atom is 0.338 e. The highest BCUT2D eigenvalue weighted by Gasteiger charge is 2.18. The molecule has 0 saturated carbocycles. The number of hydrogen-bond donors (Lipinski definition) is 3. The third kappa shape index (κ3) is 9.05. The van der Waals surface area contributed by atoms with Crippen molar-refractivity contribution >= 4 is 27.9 Å². The summed E-state index contributed by atoms with van der Waals surface area (Å²) in [7, 11) is -3.68. The van der Waals surface area contributed by atoms with Gasteiger partial charge in [-0.15, -0.1) is 0 Å². The molecule has 0 saturated heterocycles. The molecule has 1 atom stereocenters. The van der Waals surface area contributed by atoms with E-state index in [-0.39, 0.29) is 16.5 Å². The van der Waals surface area contributed by atoms with Crippen molar-refractivity contribution < 1.29 is 27.5 Å². The van der Waals surface area contributed by atoms with Crippen LogP contribution < -0.4 is 15.4 Å². The zero-order valence-electron chi connectivity index (χ0n) is 17.2. The summed E-state index contributed by atoms with van der Waals surface area (Å²) in [5.41, 5.74) is 0.0849. The van der Waals surface area contributed by atoms with Gasteiger partial charge >= 0.3 is 12.0 Å². The summed E-state index contributed by atoms with van der Waals surface area (Å²) >= 11 is 0. The Bertz CT molecular complexity index is 806. The number of esters is 1. The van der Waals surface area contributed by atoms with Crippen molar-refractivity contribution in [2.45, 2.75) is 51.5 Å². The molecule has 9 nitrogen and oxygen atoms in total. The first-order valence-corrected chi connectivity index (χ1v) is 10.9. The van der Waals surface area contributed by atoms with Crippen LogP contribution in [0.3, 0.4) is 0 Å². The van der Waals surface area contributed by atoms with Gasteiger partial charge < -0.3 is 10.1 Å². The summed E-state index contributed by atoms with van der Waals surface area (Å²) in [6, 6.07) is 4.28. The number of ether oxygens (including phenoxy) is 1. The maximum atomic E-state index is 12.2. The van der Waals surface area contributed by atoms with Gasteiger partial charge in [0.25, 0.3) is 5.91 Å². The molecule has 0 bridgehead atoms. The Labute approximate surface area is 171 Å². The van der Waals surface area contributed by atoms with Gasteiger partial charge in [0, 0.05) is 12.6 Å². The van der Waals surface area contributed by atoms with Crippen molar-refractivity contribution in [3.05, 3.63) is 29.8 Å². The minimum absolute atomic E-state index is 0.0187. The fourth-order valence-corrected chi connectivity index (χ4v) is 3.41. The lowest BCUT2D eigenvalue weighted by atomic mass is 10.1. The highest BCUT2D eigenvalue weighted by molar-refractivity contribution is 7.89. The minimum Gasteiger partial charge on any atom is -0.452 e. The van der Waals surface area contributed by atoms with Crippen LogP contribution in [0.4, 0.5) is 4.79 Å². The summed E-state index contributed by atoms with van der Waals surface area (Å²) in [6.07, 6.45) is 1.41. The Morgan fingerprint density at radius 1 is 1.07 bits per heavy atom. The molecule has 3 N–H and O–H groups in total. The van der Waals surface area contributed by atoms with E-state index in [1.165, 1.54) is 24.3 Å². The molecule has 1 aromatic rings. The number of carbonyl (C=O) groups is 3. The van der Waals surface area contributed by atoms with Crippen LogP contribution in [0.5, 0.6) is 0 Å². The van der Waals surface area contributed by atoms with E-state index < -0.39 is 34.5 Å². The second-order valence-corrected chi connectivity index (χ2v) is 8.73. The molecule has 0 spiro atoms. The van der Waals surface area contributed by atoms with Crippen molar-refractivity contribution in [2.75, 3.05) is 13.2 Å². The molecule has 162 valence electrons. The standard InChI is InChI=1S/C19H29N3O6S/c1-5-14(4)22-29(26,27)16-8-6-15(7-9-16)18(24)28-12-17(23)21-19(25)20-11-10-13(2)3/h6-9,13-14,22H,5,10-12H2,1-4H3,(H2,20,21,23,25)/t14-/m1/s1. The Morgan fingerprint density at radius 2 is 1.69 bits per heavy atom. The van der Waals surface area contributed by atoms with Crippen molar-refractivity contribution in [1.82, 2.24) is 15.4 Å². The summed E-state index contributed by atoms with van der Waals surface area (Å²) < 4.78 is 31.7. The van der Waals surface area contributed by atoms with Gasteiger partial charge in [-0.25, -0.2) is 22.7 Å². The van der Waals surface area contributed by atoms with Gasteiger partial charge in [-0.3, -0.25) is 10.1 Å². The van der Waals surface area contributed by atoms with Crippen LogP contribution in [0.15, 0.2) is 29.2 Å². The molecule has 0 aliphatic rings. The van der Waals surface area contributed by atoms with E-state index >= 15 is 0 Å². The number of amides is 3. The van der Waals surface area contributed by atoms with E-state index in [1.54, 1.807) is 6.92 Å². The van der Waals surface area contributed by atoms with Crippen LogP contribution in [0, 0.1) is 5.92 Å². The number of carbonyl (C=O) groups excluding carboxylic acids is 3. The largest absolute Gasteiger partial charge is 0.452 e. The third-order valence-corrected chi connectivity index (χ3v) is 5.57. The summed E-state index contributed by atoms with van der Waals surface area (Å²) in [5, 5.41) is 4.59. The van der Waals surface area contributed by atoms with E-state index in [0.29, 0.717) is 18.9 Å². The minimum atomic E-state index is -3.68. The molecule has 0 aliphatic heterocycles. The SMILES string of the molecule is CC[C@@H](C)NS(=O)(=O)c1ccc(C(=O)OCC(=O)NC(=O)NCCC(C)C)cc1. The number of benzene rings is 1. The molecule has 0 aromatic heterocycles. The number of hydrogen-bond acceptors (Lipinski definition) is 6. The highest BCUT2D eigenvalue weighted by atomic mass is 32.2. The number of sulfonamides is 1. The summed E-state index contributed by atoms with van der Waals surface area (Å²) in [4.78, 5) is 35.2. The van der Waals surface area contributed by atoms with Crippen LogP contribution in [-0.2, 0) is 19.6 Å². The number of rotatable bonds is 10. The van der Waals surface area contributed by atoms with Crippen molar-refractivity contribution in [1.29, 1.82) is 0 Å². The van der Waals surface area contributed by atoms with Crippen molar-refractivity contribution in [2.24, 2.45) is 5.92 Å². The normalized spacial score (nSPS) is 12.3.